The number of hydrogen-bond acceptors (Lipinski definition) is 6. The van der Waals surface area contributed by atoms with Crippen molar-refractivity contribution in [1.82, 2.24) is 10.1 Å². The van der Waals surface area contributed by atoms with Gasteiger partial charge in [-0.15, -0.1) is 11.8 Å². The number of ether oxygens (including phenoxy) is 1. The molecule has 5 nitrogen and oxygen atoms in total. The lowest BCUT2D eigenvalue weighted by Crippen LogP contribution is -2.18. The molecule has 0 bridgehead atoms. The summed E-state index contributed by atoms with van der Waals surface area (Å²) in [5.41, 5.74) is 7.23. The van der Waals surface area contributed by atoms with Gasteiger partial charge in [0.05, 0.1) is 18.6 Å². The minimum Gasteiger partial charge on any atom is -0.380 e. The van der Waals surface area contributed by atoms with E-state index in [9.17, 15) is 0 Å². The predicted octanol–water partition coefficient (Wildman–Crippen LogP) is 2.34. The summed E-state index contributed by atoms with van der Waals surface area (Å²) in [6.07, 6.45) is 0. The van der Waals surface area contributed by atoms with E-state index in [4.69, 9.17) is 15.0 Å². The van der Waals surface area contributed by atoms with Gasteiger partial charge in [0.15, 0.2) is 5.82 Å². The Morgan fingerprint density at radius 1 is 1.50 bits per heavy atom. The van der Waals surface area contributed by atoms with Crippen LogP contribution in [0.25, 0.3) is 0 Å². The fraction of sp³-hybridized carbons (Fsp3) is 0.429. The van der Waals surface area contributed by atoms with Gasteiger partial charge in [-0.3, -0.25) is 0 Å². The Kier molecular flexibility index (Phi) is 4.05. The van der Waals surface area contributed by atoms with Crippen LogP contribution in [0, 0.1) is 0 Å². The lowest BCUT2D eigenvalue weighted by molar-refractivity contribution is 0.130. The van der Waals surface area contributed by atoms with Gasteiger partial charge in [0.1, 0.15) is 0 Å². The van der Waals surface area contributed by atoms with E-state index in [0.29, 0.717) is 24.9 Å². The molecule has 2 heterocycles. The second-order valence-electron chi connectivity index (χ2n) is 4.66. The van der Waals surface area contributed by atoms with Crippen LogP contribution in [0.2, 0.25) is 0 Å². The van der Waals surface area contributed by atoms with Crippen LogP contribution in [0.1, 0.15) is 36.2 Å². The Morgan fingerprint density at radius 2 is 2.35 bits per heavy atom. The molecule has 2 unspecified atom stereocenters. The molecule has 3 rings (SSSR count). The highest BCUT2D eigenvalue weighted by atomic mass is 32.2. The van der Waals surface area contributed by atoms with Crippen LogP contribution < -0.4 is 5.73 Å². The molecule has 106 valence electrons. The lowest BCUT2D eigenvalue weighted by atomic mass is 10.0. The monoisotopic (exact) mass is 291 g/mol. The Hall–Kier alpha value is -1.37. The molecule has 0 aliphatic carbocycles. The fourth-order valence-corrected chi connectivity index (χ4v) is 3.45. The van der Waals surface area contributed by atoms with Crippen molar-refractivity contribution in [3.8, 4) is 0 Å². The van der Waals surface area contributed by atoms with Crippen LogP contribution in [-0.4, -0.2) is 29.1 Å². The van der Waals surface area contributed by atoms with Crippen LogP contribution in [-0.2, 0) is 4.74 Å². The van der Waals surface area contributed by atoms with Crippen LogP contribution in [0.3, 0.4) is 0 Å². The average Bonchev–Trinajstić information content (AvgIpc) is 3.10. The zero-order valence-electron chi connectivity index (χ0n) is 11.3. The van der Waals surface area contributed by atoms with Crippen LogP contribution in [0.15, 0.2) is 33.7 Å². The molecule has 2 N–H and O–H groups in total. The van der Waals surface area contributed by atoms with E-state index in [2.05, 4.69) is 22.3 Å². The minimum absolute atomic E-state index is 0.164. The predicted molar refractivity (Wildman–Crippen MR) is 76.7 cm³/mol. The van der Waals surface area contributed by atoms with E-state index in [1.165, 1.54) is 10.5 Å². The maximum absolute atomic E-state index is 5.97. The first-order valence-corrected chi connectivity index (χ1v) is 7.66. The zero-order chi connectivity index (χ0) is 13.9. The zero-order valence-corrected chi connectivity index (χ0v) is 12.1. The van der Waals surface area contributed by atoms with Crippen molar-refractivity contribution >= 4 is 11.8 Å². The first-order chi connectivity index (χ1) is 9.79. The molecule has 2 atom stereocenters. The van der Waals surface area contributed by atoms with Gasteiger partial charge in [0.2, 0.25) is 5.89 Å². The summed E-state index contributed by atoms with van der Waals surface area (Å²) in [7, 11) is 0. The van der Waals surface area contributed by atoms with Crippen LogP contribution in [0.4, 0.5) is 0 Å². The fourth-order valence-electron chi connectivity index (χ4n) is 2.23. The van der Waals surface area contributed by atoms with Crippen molar-refractivity contribution in [1.29, 1.82) is 0 Å². The number of benzene rings is 1. The normalized spacial score (nSPS) is 19.0. The van der Waals surface area contributed by atoms with Crippen molar-refractivity contribution < 1.29 is 9.26 Å². The summed E-state index contributed by atoms with van der Waals surface area (Å²) in [5, 5.41) is 3.99. The standard InChI is InChI=1S/C14H17N3O2S/c1-2-18-7-11(15)13-16-14(19-17-13)10-8-20-12-6-4-3-5-9(10)12/h3-6,10-11H,2,7-8,15H2,1H3. The van der Waals surface area contributed by atoms with E-state index in [-0.39, 0.29) is 12.0 Å². The topological polar surface area (TPSA) is 74.2 Å². The van der Waals surface area contributed by atoms with Crippen LogP contribution in [0.5, 0.6) is 0 Å². The Labute approximate surface area is 121 Å². The Bertz CT molecular complexity index is 587. The van der Waals surface area contributed by atoms with Crippen molar-refractivity contribution in [2.75, 3.05) is 19.0 Å². The number of nitrogens with two attached hydrogens (primary N) is 1. The molecular formula is C14H17N3O2S. The second kappa shape index (κ2) is 5.95. The molecule has 2 aromatic rings. The van der Waals surface area contributed by atoms with Gasteiger partial charge in [0, 0.05) is 17.3 Å². The molecule has 6 heteroatoms. The van der Waals surface area contributed by atoms with Gasteiger partial charge in [0.25, 0.3) is 0 Å². The summed E-state index contributed by atoms with van der Waals surface area (Å²) in [4.78, 5) is 5.74. The van der Waals surface area contributed by atoms with Crippen molar-refractivity contribution in [2.45, 2.75) is 23.8 Å². The van der Waals surface area contributed by atoms with Gasteiger partial charge in [-0.25, -0.2) is 0 Å². The number of nitrogens with zero attached hydrogens (tertiary/aromatic N) is 2. The third-order valence-corrected chi connectivity index (χ3v) is 4.47. The highest BCUT2D eigenvalue weighted by Gasteiger charge is 2.29. The first kappa shape index (κ1) is 13.6. The molecule has 1 aliphatic heterocycles. The molecular weight excluding hydrogens is 274 g/mol. The summed E-state index contributed by atoms with van der Waals surface area (Å²) in [6.45, 7) is 2.97. The summed E-state index contributed by atoms with van der Waals surface area (Å²) in [5.74, 6) is 2.26. The Morgan fingerprint density at radius 3 is 3.20 bits per heavy atom. The number of aromatic nitrogens is 2. The number of hydrogen-bond donors (Lipinski definition) is 1. The van der Waals surface area contributed by atoms with Gasteiger partial charge < -0.3 is 15.0 Å². The van der Waals surface area contributed by atoms with Crippen LogP contribution >= 0.6 is 11.8 Å². The Balaban J connectivity index is 1.78. The molecule has 20 heavy (non-hydrogen) atoms. The van der Waals surface area contributed by atoms with Gasteiger partial charge in [-0.1, -0.05) is 23.4 Å². The van der Waals surface area contributed by atoms with E-state index >= 15 is 0 Å². The molecule has 0 spiro atoms. The second-order valence-corrected chi connectivity index (χ2v) is 5.72. The molecule has 1 aromatic heterocycles. The smallest absolute Gasteiger partial charge is 0.235 e. The third-order valence-electron chi connectivity index (χ3n) is 3.29. The number of fused-ring (bicyclic) bond motifs is 1. The number of rotatable bonds is 5. The highest BCUT2D eigenvalue weighted by Crippen LogP contribution is 2.42. The number of thioether (sulfide) groups is 1. The maximum Gasteiger partial charge on any atom is 0.235 e. The van der Waals surface area contributed by atoms with E-state index in [1.807, 2.05) is 30.8 Å². The molecule has 1 aromatic carbocycles. The lowest BCUT2D eigenvalue weighted by Gasteiger charge is -2.06. The highest BCUT2D eigenvalue weighted by molar-refractivity contribution is 7.99. The quantitative estimate of drug-likeness (QED) is 0.911. The third kappa shape index (κ3) is 2.59. The van der Waals surface area contributed by atoms with Gasteiger partial charge >= 0.3 is 0 Å². The minimum atomic E-state index is -0.336. The summed E-state index contributed by atoms with van der Waals surface area (Å²) in [6, 6.07) is 7.99. The molecule has 0 radical (unpaired) electrons. The van der Waals surface area contributed by atoms with E-state index < -0.39 is 0 Å². The van der Waals surface area contributed by atoms with Gasteiger partial charge in [-0.2, -0.15) is 4.98 Å². The first-order valence-electron chi connectivity index (χ1n) is 6.68. The molecule has 0 saturated carbocycles. The SMILES string of the molecule is CCOCC(N)c1noc(C2CSc3ccccc32)n1. The molecule has 1 aliphatic rings. The van der Waals surface area contributed by atoms with Gasteiger partial charge in [-0.05, 0) is 18.6 Å². The molecule has 0 saturated heterocycles. The van der Waals surface area contributed by atoms with E-state index in [1.54, 1.807) is 0 Å². The van der Waals surface area contributed by atoms with Crippen molar-refractivity contribution in [3.05, 3.63) is 41.5 Å². The summed E-state index contributed by atoms with van der Waals surface area (Å²) >= 11 is 1.82. The van der Waals surface area contributed by atoms with E-state index in [0.717, 1.165) is 5.75 Å². The molecule has 0 amide bonds. The molecule has 0 fully saturated rings. The van der Waals surface area contributed by atoms with Crippen molar-refractivity contribution in [3.63, 3.8) is 0 Å². The largest absolute Gasteiger partial charge is 0.380 e. The average molecular weight is 291 g/mol. The summed E-state index contributed by atoms with van der Waals surface area (Å²) < 4.78 is 10.7. The van der Waals surface area contributed by atoms with Crippen molar-refractivity contribution in [2.24, 2.45) is 5.73 Å². The maximum atomic E-state index is 5.97.